The van der Waals surface area contributed by atoms with Gasteiger partial charge in [-0.05, 0) is 0 Å². The Bertz CT molecular complexity index is 29.0. The summed E-state index contributed by atoms with van der Waals surface area (Å²) in [7, 11) is 0. The molecule has 0 rings (SSSR count). The van der Waals surface area contributed by atoms with Crippen LogP contribution in [-0.4, -0.2) is 5.30 Å². The molecule has 0 bridgehead atoms. The van der Waals surface area contributed by atoms with Gasteiger partial charge in [0.1, 0.15) is 0 Å². The van der Waals surface area contributed by atoms with Gasteiger partial charge in [-0.3, -0.25) is 0 Å². The summed E-state index contributed by atoms with van der Waals surface area (Å²) in [6, 6.07) is 0. The Morgan fingerprint density at radius 1 is 2.00 bits per heavy atom. The first-order valence-electron chi connectivity index (χ1n) is 0.612. The molecule has 0 aromatic rings. The molecule has 2 nitrogen and oxygen atoms in total. The van der Waals surface area contributed by atoms with E-state index in [0.717, 1.165) is 0 Å². The van der Waals surface area contributed by atoms with Crippen LogP contribution in [0.25, 0.3) is 0 Å². The van der Waals surface area contributed by atoms with Crippen LogP contribution in [0.5, 0.6) is 0 Å². The summed E-state index contributed by atoms with van der Waals surface area (Å²) < 4.78 is 0. The van der Waals surface area contributed by atoms with E-state index in [1.54, 1.807) is 0 Å². The van der Waals surface area contributed by atoms with Crippen molar-refractivity contribution in [2.24, 2.45) is 0 Å². The van der Waals surface area contributed by atoms with E-state index < -0.39 is 5.30 Å². The Labute approximate surface area is 28.9 Å². The van der Waals surface area contributed by atoms with Crippen LogP contribution in [0.4, 0.5) is 4.79 Å². The molecule has 0 atom stereocenters. The van der Waals surface area contributed by atoms with E-state index in [-0.39, 0.29) is 0 Å². The molecule has 0 fully saturated rings. The molecule has 0 aromatic carbocycles. The van der Waals surface area contributed by atoms with Gasteiger partial charge in [0.2, 0.25) is 0 Å². The Hall–Kier alpha value is -0.310. The van der Waals surface area contributed by atoms with Gasteiger partial charge in [-0.1, -0.05) is 5.30 Å². The Morgan fingerprint density at radius 2 is 2.00 bits per heavy atom. The quantitative estimate of drug-likeness (QED) is 0.343. The lowest BCUT2D eigenvalue weighted by molar-refractivity contribution is -0.232. The fraction of sp³-hybridized carbons (Fsp3) is 0. The first-order chi connectivity index (χ1) is 1.73. The first kappa shape index (κ1) is 3.69. The summed E-state index contributed by atoms with van der Waals surface area (Å²) in [4.78, 5) is 8.70. The largest absolute Gasteiger partial charge is 0.764 e. The van der Waals surface area contributed by atoms with Gasteiger partial charge in [-0.15, -0.1) is 0 Å². The zero-order chi connectivity index (χ0) is 3.58. The van der Waals surface area contributed by atoms with Gasteiger partial charge in [0, 0.05) is 0 Å². The molecular weight excluding hydrogens is 76.1 g/mol. The average molecular weight is 76.1 g/mol. The van der Waals surface area contributed by atoms with E-state index in [2.05, 4.69) is 12.6 Å². The van der Waals surface area contributed by atoms with Crippen LogP contribution in [0.3, 0.4) is 0 Å². The molecule has 0 spiro atoms. The van der Waals surface area contributed by atoms with Crippen LogP contribution < -0.4 is 5.11 Å². The summed E-state index contributed by atoms with van der Waals surface area (Å²) >= 11 is 3.43. The van der Waals surface area contributed by atoms with Gasteiger partial charge < -0.3 is 22.5 Å². The maximum Gasteiger partial charge on any atom is -0.0848 e. The molecule has 0 aliphatic rings. The fourth-order valence-corrected chi connectivity index (χ4v) is 0. The highest BCUT2D eigenvalue weighted by atomic mass is 32.1. The molecule has 0 heterocycles. The Balaban J connectivity index is 2.80. The number of carbonyl (C=O) groups excluding carboxylic acids is 1. The number of rotatable bonds is 0. The smallest absolute Gasteiger partial charge is 0.0848 e. The maximum absolute atomic E-state index is 8.70. The highest BCUT2D eigenvalue weighted by Crippen LogP contribution is 1.38. The van der Waals surface area contributed by atoms with E-state index in [1.165, 1.54) is 0 Å². The molecule has 0 N–H and O–H groups in total. The minimum atomic E-state index is -1.50. The van der Waals surface area contributed by atoms with Crippen molar-refractivity contribution < 1.29 is 9.90 Å². The molecule has 24 valence electrons. The van der Waals surface area contributed by atoms with E-state index in [0.29, 0.717) is 0 Å². The molecule has 4 heavy (non-hydrogen) atoms. The third kappa shape index (κ3) is 8.37. The second-order valence-electron chi connectivity index (χ2n) is 0.250. The van der Waals surface area contributed by atoms with Crippen molar-refractivity contribution in [2.45, 2.75) is 0 Å². The zero-order valence-electron chi connectivity index (χ0n) is 1.72. The standard InChI is InChI=1S/CH2O2S/c2-1(3)4/h4H,(H,2,3)/p-2. The monoisotopic (exact) mass is 76.0 g/mol. The number of carbonyl (C=O) groups is 1. The molecule has 0 aliphatic heterocycles. The summed E-state index contributed by atoms with van der Waals surface area (Å²) in [5.74, 6) is 0. The second-order valence-corrected chi connectivity index (χ2v) is 0.583. The molecule has 0 saturated carbocycles. The Kier molecular flexibility index (Phi) is 0.979. The lowest BCUT2D eigenvalue weighted by Crippen LogP contribution is -2.15. The fourth-order valence-electron chi connectivity index (χ4n) is 0. The van der Waals surface area contributed by atoms with Gasteiger partial charge in [-0.2, -0.15) is 0 Å². The lowest BCUT2D eigenvalue weighted by atomic mass is 11.6. The van der Waals surface area contributed by atoms with Crippen LogP contribution in [0.2, 0.25) is 0 Å². The third-order valence-electron chi connectivity index (χ3n) is 0. The molecular formula is CO2S-2. The Morgan fingerprint density at radius 3 is 2.00 bits per heavy atom. The molecule has 3 heteroatoms. The van der Waals surface area contributed by atoms with Crippen molar-refractivity contribution in [3.8, 4) is 0 Å². The highest BCUT2D eigenvalue weighted by Gasteiger charge is 1.24. The third-order valence-corrected chi connectivity index (χ3v) is 0. The van der Waals surface area contributed by atoms with E-state index in [4.69, 9.17) is 9.90 Å². The first-order valence-corrected chi connectivity index (χ1v) is 1.02. The maximum atomic E-state index is 8.70. The van der Waals surface area contributed by atoms with E-state index in [1.807, 2.05) is 0 Å². The molecule has 0 unspecified atom stereocenters. The minimum Gasteiger partial charge on any atom is -0.764 e. The molecule has 0 amide bonds. The van der Waals surface area contributed by atoms with Crippen LogP contribution in [0.1, 0.15) is 0 Å². The average Bonchev–Trinajstić information content (AvgIpc) is 0.811. The van der Waals surface area contributed by atoms with Gasteiger partial charge in [0.25, 0.3) is 0 Å². The topological polar surface area (TPSA) is 40.1 Å². The van der Waals surface area contributed by atoms with Crippen LogP contribution in [-0.2, 0) is 12.6 Å². The molecule has 0 aromatic heterocycles. The number of hydrogen-bond donors (Lipinski definition) is 0. The predicted octanol–water partition coefficient (Wildman–Crippen LogP) is -1.12. The van der Waals surface area contributed by atoms with Crippen molar-refractivity contribution in [2.75, 3.05) is 0 Å². The normalized spacial score (nSPS) is 6.00. The van der Waals surface area contributed by atoms with Crippen molar-refractivity contribution >= 4 is 17.9 Å². The summed E-state index contributed by atoms with van der Waals surface area (Å²) in [6.45, 7) is 0. The highest BCUT2D eigenvalue weighted by molar-refractivity contribution is 7.76. The van der Waals surface area contributed by atoms with Crippen molar-refractivity contribution in [1.29, 1.82) is 0 Å². The van der Waals surface area contributed by atoms with Crippen LogP contribution >= 0.6 is 0 Å². The second kappa shape index (κ2) is 1.06. The zero-order valence-corrected chi connectivity index (χ0v) is 2.54. The van der Waals surface area contributed by atoms with Gasteiger partial charge in [-0.25, -0.2) is 0 Å². The summed E-state index contributed by atoms with van der Waals surface area (Å²) in [5, 5.41) is 7.20. The van der Waals surface area contributed by atoms with Crippen molar-refractivity contribution in [3.63, 3.8) is 0 Å². The molecule has 0 saturated heterocycles. The lowest BCUT2D eigenvalue weighted by Gasteiger charge is -1.98. The van der Waals surface area contributed by atoms with Crippen LogP contribution in [0, 0.1) is 0 Å². The predicted molar refractivity (Wildman–Crippen MR) is 12.8 cm³/mol. The van der Waals surface area contributed by atoms with Gasteiger partial charge in [0.05, 0.1) is 0 Å². The van der Waals surface area contributed by atoms with Crippen molar-refractivity contribution in [1.82, 2.24) is 0 Å². The van der Waals surface area contributed by atoms with Crippen LogP contribution in [0.15, 0.2) is 0 Å². The SMILES string of the molecule is O=C([O-])[S-]. The van der Waals surface area contributed by atoms with Gasteiger partial charge in [0.15, 0.2) is 0 Å². The van der Waals surface area contributed by atoms with Gasteiger partial charge >= 0.3 is 0 Å². The van der Waals surface area contributed by atoms with E-state index >= 15 is 0 Å². The number of carboxylic acid groups (broad SMARTS) is 1. The number of hydrogen-bond acceptors (Lipinski definition) is 3. The summed E-state index contributed by atoms with van der Waals surface area (Å²) in [6.07, 6.45) is 0. The molecule has 0 aliphatic carbocycles. The molecule has 0 radical (unpaired) electrons. The summed E-state index contributed by atoms with van der Waals surface area (Å²) in [5.41, 5.74) is 0. The minimum absolute atomic E-state index is 1.50. The van der Waals surface area contributed by atoms with E-state index in [9.17, 15) is 0 Å². The van der Waals surface area contributed by atoms with Crippen molar-refractivity contribution in [3.05, 3.63) is 0 Å².